The van der Waals surface area contributed by atoms with E-state index in [-0.39, 0.29) is 11.6 Å². The van der Waals surface area contributed by atoms with Crippen molar-refractivity contribution in [2.75, 3.05) is 23.7 Å². The topological polar surface area (TPSA) is 93.7 Å². The van der Waals surface area contributed by atoms with Crippen LogP contribution in [0.1, 0.15) is 24.5 Å². The maximum atomic E-state index is 13.1. The van der Waals surface area contributed by atoms with Crippen LogP contribution in [-0.4, -0.2) is 32.6 Å². The molecular formula is C18H21ClF3N7. The lowest BCUT2D eigenvalue weighted by Gasteiger charge is -2.13. The molecule has 0 unspecified atom stereocenters. The zero-order valence-corrected chi connectivity index (χ0v) is 16.5. The molecule has 3 aromatic rings. The Kier molecular flexibility index (Phi) is 6.43. The van der Waals surface area contributed by atoms with Gasteiger partial charge in [0.2, 0.25) is 5.95 Å². The third-order valence-corrected chi connectivity index (χ3v) is 4.48. The number of nitrogens with zero attached hydrogens (tertiary/aromatic N) is 4. The maximum absolute atomic E-state index is 13.1. The fourth-order valence-corrected chi connectivity index (χ4v) is 3.05. The summed E-state index contributed by atoms with van der Waals surface area (Å²) in [5, 5.41) is 5.76. The fourth-order valence-electron chi connectivity index (χ4n) is 2.82. The minimum atomic E-state index is -4.52. The predicted octanol–water partition coefficient (Wildman–Crippen LogP) is 3.89. The smallest absolute Gasteiger partial charge is 0.364 e. The maximum Gasteiger partial charge on any atom is 0.417 e. The van der Waals surface area contributed by atoms with Crippen molar-refractivity contribution in [2.45, 2.75) is 32.6 Å². The van der Waals surface area contributed by atoms with Crippen molar-refractivity contribution in [3.63, 3.8) is 0 Å². The van der Waals surface area contributed by atoms with Crippen molar-refractivity contribution < 1.29 is 13.2 Å². The largest absolute Gasteiger partial charge is 0.417 e. The molecule has 0 radical (unpaired) electrons. The Bertz CT molecular complexity index is 987. The van der Waals surface area contributed by atoms with E-state index in [1.165, 1.54) is 12.1 Å². The summed E-state index contributed by atoms with van der Waals surface area (Å²) >= 11 is 5.69. The van der Waals surface area contributed by atoms with E-state index in [2.05, 4.69) is 25.6 Å². The summed E-state index contributed by atoms with van der Waals surface area (Å²) in [5.41, 5.74) is 6.25. The van der Waals surface area contributed by atoms with Crippen LogP contribution in [0.5, 0.6) is 0 Å². The Balaban J connectivity index is 1.91. The molecule has 156 valence electrons. The molecule has 0 atom stereocenters. The van der Waals surface area contributed by atoms with Crippen LogP contribution in [0, 0.1) is 0 Å². The van der Waals surface area contributed by atoms with Crippen molar-refractivity contribution in [1.82, 2.24) is 19.5 Å². The highest BCUT2D eigenvalue weighted by Crippen LogP contribution is 2.35. The molecule has 3 rings (SSSR count). The Hall–Kier alpha value is -2.59. The summed E-state index contributed by atoms with van der Waals surface area (Å²) in [6.07, 6.45) is -1.95. The fraction of sp³-hybridized carbons (Fsp3) is 0.389. The lowest BCUT2D eigenvalue weighted by atomic mass is 10.1. The number of nitrogens with two attached hydrogens (primary N) is 1. The molecule has 29 heavy (non-hydrogen) atoms. The first-order valence-electron chi connectivity index (χ1n) is 9.09. The van der Waals surface area contributed by atoms with Crippen LogP contribution in [0.25, 0.3) is 11.2 Å². The molecule has 0 bridgehead atoms. The molecule has 1 aromatic carbocycles. The number of fused-ring (bicyclic) bond motifs is 1. The second-order valence-electron chi connectivity index (χ2n) is 6.39. The van der Waals surface area contributed by atoms with E-state index in [9.17, 15) is 13.2 Å². The first-order valence-corrected chi connectivity index (χ1v) is 9.47. The van der Waals surface area contributed by atoms with Gasteiger partial charge >= 0.3 is 6.18 Å². The van der Waals surface area contributed by atoms with Crippen LogP contribution < -0.4 is 16.4 Å². The molecule has 0 aliphatic rings. The van der Waals surface area contributed by atoms with Gasteiger partial charge in [0.25, 0.3) is 0 Å². The number of aryl methyl sites for hydroxylation is 1. The highest BCUT2D eigenvalue weighted by atomic mass is 35.5. The number of alkyl halides is 3. The monoisotopic (exact) mass is 427 g/mol. The predicted molar refractivity (Wildman–Crippen MR) is 107 cm³/mol. The first-order chi connectivity index (χ1) is 13.8. The molecule has 0 amide bonds. The van der Waals surface area contributed by atoms with E-state index < -0.39 is 11.7 Å². The molecule has 0 aliphatic heterocycles. The Morgan fingerprint density at radius 3 is 2.69 bits per heavy atom. The summed E-state index contributed by atoms with van der Waals surface area (Å²) in [6, 6.07) is 3.80. The van der Waals surface area contributed by atoms with Crippen molar-refractivity contribution in [3.05, 3.63) is 40.7 Å². The number of imidazole rings is 1. The van der Waals surface area contributed by atoms with E-state index in [0.29, 0.717) is 41.6 Å². The second kappa shape index (κ2) is 8.83. The molecule has 0 aliphatic carbocycles. The van der Waals surface area contributed by atoms with Gasteiger partial charge in [-0.05, 0) is 24.1 Å². The molecule has 7 nitrogen and oxygen atoms in total. The van der Waals surface area contributed by atoms with Crippen molar-refractivity contribution >= 4 is 34.5 Å². The number of hydrogen-bond donors (Lipinski definition) is 3. The molecule has 0 saturated carbocycles. The summed E-state index contributed by atoms with van der Waals surface area (Å²) in [6.45, 7) is 3.78. The van der Waals surface area contributed by atoms with Gasteiger partial charge in [0, 0.05) is 26.2 Å². The average Bonchev–Trinajstić information content (AvgIpc) is 3.08. The van der Waals surface area contributed by atoms with Gasteiger partial charge < -0.3 is 20.9 Å². The number of halogens is 4. The summed E-state index contributed by atoms with van der Waals surface area (Å²) in [7, 11) is 0. The molecule has 2 heterocycles. The average molecular weight is 428 g/mol. The van der Waals surface area contributed by atoms with E-state index in [1.54, 1.807) is 6.33 Å². The van der Waals surface area contributed by atoms with Crippen LogP contribution in [0.4, 0.5) is 24.9 Å². The molecule has 11 heteroatoms. The molecular weight excluding hydrogens is 407 g/mol. The lowest BCUT2D eigenvalue weighted by molar-refractivity contribution is -0.137. The van der Waals surface area contributed by atoms with Crippen LogP contribution in [-0.2, 0) is 19.3 Å². The quantitative estimate of drug-likeness (QED) is 0.505. The van der Waals surface area contributed by atoms with E-state index in [1.807, 2.05) is 11.5 Å². The minimum absolute atomic E-state index is 0.114. The summed E-state index contributed by atoms with van der Waals surface area (Å²) in [4.78, 5) is 13.2. The molecule has 0 saturated heterocycles. The van der Waals surface area contributed by atoms with Gasteiger partial charge in [-0.2, -0.15) is 23.1 Å². The lowest BCUT2D eigenvalue weighted by Crippen LogP contribution is -2.16. The van der Waals surface area contributed by atoms with E-state index in [4.69, 9.17) is 17.3 Å². The zero-order valence-electron chi connectivity index (χ0n) is 15.7. The normalized spacial score (nSPS) is 11.8. The van der Waals surface area contributed by atoms with Gasteiger partial charge in [-0.15, -0.1) is 0 Å². The molecule has 0 fully saturated rings. The van der Waals surface area contributed by atoms with Crippen LogP contribution in [0.15, 0.2) is 24.5 Å². The Labute approximate surface area is 170 Å². The number of benzene rings is 1. The Morgan fingerprint density at radius 2 is 2.00 bits per heavy atom. The highest BCUT2D eigenvalue weighted by molar-refractivity contribution is 6.31. The number of anilines is 2. The Morgan fingerprint density at radius 1 is 1.21 bits per heavy atom. The van der Waals surface area contributed by atoms with Crippen LogP contribution >= 0.6 is 11.6 Å². The van der Waals surface area contributed by atoms with E-state index >= 15 is 0 Å². The minimum Gasteiger partial charge on any atom is -0.364 e. The SMILES string of the molecule is CCCn1cnc2c(NCc3ccc(Cl)c(C(F)(F)F)c3)nc(NCCN)nc21. The number of hydrogen-bond acceptors (Lipinski definition) is 6. The van der Waals surface area contributed by atoms with E-state index in [0.717, 1.165) is 19.0 Å². The van der Waals surface area contributed by atoms with Crippen molar-refractivity contribution in [2.24, 2.45) is 5.73 Å². The van der Waals surface area contributed by atoms with Gasteiger partial charge in [0.05, 0.1) is 16.9 Å². The number of nitrogens with one attached hydrogen (secondary N) is 2. The number of rotatable bonds is 8. The first kappa shape index (κ1) is 21.1. The summed E-state index contributed by atoms with van der Waals surface area (Å²) < 4.78 is 41.2. The van der Waals surface area contributed by atoms with Gasteiger partial charge in [0.15, 0.2) is 17.0 Å². The summed E-state index contributed by atoms with van der Waals surface area (Å²) in [5.74, 6) is 0.795. The molecule has 4 N–H and O–H groups in total. The van der Waals surface area contributed by atoms with Crippen LogP contribution in [0.3, 0.4) is 0 Å². The molecule has 0 spiro atoms. The third-order valence-electron chi connectivity index (χ3n) is 4.15. The standard InChI is InChI=1S/C18H21ClF3N7/c1-2-7-29-10-26-14-15(27-17(24-6-5-23)28-16(14)29)25-9-11-3-4-13(19)12(8-11)18(20,21)22/h3-4,8,10H,2,5-7,9,23H2,1H3,(H2,24,25,27,28). The van der Waals surface area contributed by atoms with Gasteiger partial charge in [-0.3, -0.25) is 0 Å². The molecule has 2 aromatic heterocycles. The third kappa shape index (κ3) is 4.88. The van der Waals surface area contributed by atoms with Gasteiger partial charge in [-0.25, -0.2) is 4.98 Å². The zero-order chi connectivity index (χ0) is 21.0. The second-order valence-corrected chi connectivity index (χ2v) is 6.79. The highest BCUT2D eigenvalue weighted by Gasteiger charge is 2.33. The van der Waals surface area contributed by atoms with Crippen molar-refractivity contribution in [1.29, 1.82) is 0 Å². The number of aromatic nitrogens is 4. The van der Waals surface area contributed by atoms with Gasteiger partial charge in [-0.1, -0.05) is 24.6 Å². The van der Waals surface area contributed by atoms with Crippen LogP contribution in [0.2, 0.25) is 5.02 Å². The van der Waals surface area contributed by atoms with Crippen molar-refractivity contribution in [3.8, 4) is 0 Å². The van der Waals surface area contributed by atoms with Gasteiger partial charge in [0.1, 0.15) is 0 Å².